The number of hydrogen-bond acceptors (Lipinski definition) is 2. The van der Waals surface area contributed by atoms with Gasteiger partial charge in [0.25, 0.3) is 0 Å². The van der Waals surface area contributed by atoms with Crippen LogP contribution < -0.4 is 10.6 Å². The molecule has 2 atom stereocenters. The Morgan fingerprint density at radius 2 is 2.05 bits per heavy atom. The fraction of sp³-hybridized carbons (Fsp3) is 0.235. The molecule has 2 aromatic rings. The van der Waals surface area contributed by atoms with E-state index in [4.69, 9.17) is 0 Å². The van der Waals surface area contributed by atoms with Gasteiger partial charge in [-0.3, -0.25) is 4.79 Å². The molecule has 2 heterocycles. The van der Waals surface area contributed by atoms with Gasteiger partial charge >= 0.3 is 0 Å². The van der Waals surface area contributed by atoms with Gasteiger partial charge in [-0.2, -0.15) is 0 Å². The molecule has 1 fully saturated rings. The van der Waals surface area contributed by atoms with Crippen molar-refractivity contribution in [1.29, 1.82) is 0 Å². The first kappa shape index (κ1) is 13.9. The summed E-state index contributed by atoms with van der Waals surface area (Å²) in [5.41, 5.74) is 2.20. The van der Waals surface area contributed by atoms with Gasteiger partial charge in [0.1, 0.15) is 5.82 Å². The molecule has 0 aliphatic carbocycles. The zero-order valence-corrected chi connectivity index (χ0v) is 13.3. The second-order valence-corrected chi connectivity index (χ2v) is 6.64. The summed E-state index contributed by atoms with van der Waals surface area (Å²) < 4.78 is 13.9. The standard InChI is InChI=1S/C17H14BrFN2O/c18-12-9-10(5-6-13(12)19)15-17(7-8-20-15)11-3-1-2-4-14(11)21-16(17)22/h1-6,9,15,20H,7-8H2,(H,21,22)/t15-,17-/m0/s1. The van der Waals surface area contributed by atoms with E-state index < -0.39 is 5.41 Å². The largest absolute Gasteiger partial charge is 0.325 e. The van der Waals surface area contributed by atoms with Crippen LogP contribution in [-0.2, 0) is 10.2 Å². The van der Waals surface area contributed by atoms with Gasteiger partial charge in [0.05, 0.1) is 15.9 Å². The van der Waals surface area contributed by atoms with Crippen LogP contribution in [0.3, 0.4) is 0 Å². The molecule has 0 radical (unpaired) electrons. The lowest BCUT2D eigenvalue weighted by molar-refractivity contribution is -0.121. The highest BCUT2D eigenvalue weighted by Gasteiger charge is 2.55. The highest BCUT2D eigenvalue weighted by molar-refractivity contribution is 9.10. The highest BCUT2D eigenvalue weighted by Crippen LogP contribution is 2.51. The minimum Gasteiger partial charge on any atom is -0.325 e. The number of hydrogen-bond donors (Lipinski definition) is 2. The number of anilines is 1. The molecule has 0 unspecified atom stereocenters. The zero-order chi connectivity index (χ0) is 15.3. The van der Waals surface area contributed by atoms with E-state index in [-0.39, 0.29) is 17.8 Å². The van der Waals surface area contributed by atoms with Gasteiger partial charge in [-0.15, -0.1) is 0 Å². The number of benzene rings is 2. The van der Waals surface area contributed by atoms with Crippen molar-refractivity contribution in [3.05, 3.63) is 63.9 Å². The SMILES string of the molecule is O=C1Nc2ccccc2[C@]12CCN[C@H]2c1ccc(F)c(Br)c1. The van der Waals surface area contributed by atoms with Crippen molar-refractivity contribution < 1.29 is 9.18 Å². The van der Waals surface area contributed by atoms with Crippen LogP contribution in [0.1, 0.15) is 23.6 Å². The lowest BCUT2D eigenvalue weighted by atomic mass is 9.73. The maximum absolute atomic E-state index is 13.5. The number of fused-ring (bicyclic) bond motifs is 2. The minimum absolute atomic E-state index is 0.0177. The van der Waals surface area contributed by atoms with Crippen molar-refractivity contribution >= 4 is 27.5 Å². The third-order valence-corrected chi connectivity index (χ3v) is 5.31. The van der Waals surface area contributed by atoms with E-state index in [2.05, 4.69) is 26.6 Å². The number of halogens is 2. The normalized spacial score (nSPS) is 26.3. The molecule has 5 heteroatoms. The van der Waals surface area contributed by atoms with Crippen molar-refractivity contribution in [2.45, 2.75) is 17.9 Å². The van der Waals surface area contributed by atoms with Crippen LogP contribution in [0.15, 0.2) is 46.9 Å². The van der Waals surface area contributed by atoms with Crippen molar-refractivity contribution in [2.75, 3.05) is 11.9 Å². The minimum atomic E-state index is -0.617. The van der Waals surface area contributed by atoms with E-state index in [0.29, 0.717) is 4.47 Å². The summed E-state index contributed by atoms with van der Waals surface area (Å²) >= 11 is 3.23. The summed E-state index contributed by atoms with van der Waals surface area (Å²) in [6.45, 7) is 0.751. The van der Waals surface area contributed by atoms with Gasteiger partial charge in [0.2, 0.25) is 5.91 Å². The second kappa shape index (κ2) is 4.89. The quantitative estimate of drug-likeness (QED) is 0.816. The Hall–Kier alpha value is -1.72. The number of carbonyl (C=O) groups excluding carboxylic acids is 1. The first-order valence-corrected chi connectivity index (χ1v) is 8.01. The maximum atomic E-state index is 13.5. The van der Waals surface area contributed by atoms with E-state index in [9.17, 15) is 9.18 Å². The summed E-state index contributed by atoms with van der Waals surface area (Å²) in [6.07, 6.45) is 0.732. The molecule has 112 valence electrons. The molecule has 1 amide bonds. The number of carbonyl (C=O) groups is 1. The van der Waals surface area contributed by atoms with Crippen LogP contribution >= 0.6 is 15.9 Å². The molecule has 2 aliphatic heterocycles. The van der Waals surface area contributed by atoms with Crippen LogP contribution in [0.2, 0.25) is 0 Å². The number of para-hydroxylation sites is 1. The average Bonchev–Trinajstić information content (AvgIpc) is 3.07. The van der Waals surface area contributed by atoms with E-state index >= 15 is 0 Å². The molecule has 22 heavy (non-hydrogen) atoms. The Bertz CT molecular complexity index is 779. The second-order valence-electron chi connectivity index (χ2n) is 5.78. The molecule has 3 nitrogen and oxygen atoms in total. The lowest BCUT2D eigenvalue weighted by Crippen LogP contribution is -2.39. The molecule has 1 saturated heterocycles. The van der Waals surface area contributed by atoms with Crippen molar-refractivity contribution in [2.24, 2.45) is 0 Å². The predicted octanol–water partition coefficient (Wildman–Crippen LogP) is 3.51. The van der Waals surface area contributed by atoms with E-state index in [0.717, 1.165) is 29.8 Å². The van der Waals surface area contributed by atoms with Crippen molar-refractivity contribution in [3.63, 3.8) is 0 Å². The summed E-state index contributed by atoms with van der Waals surface area (Å²) in [6, 6.07) is 12.6. The Morgan fingerprint density at radius 1 is 1.23 bits per heavy atom. The Morgan fingerprint density at radius 3 is 2.86 bits per heavy atom. The van der Waals surface area contributed by atoms with Gasteiger partial charge in [-0.05, 0) is 58.2 Å². The van der Waals surface area contributed by atoms with Gasteiger partial charge in [0, 0.05) is 5.69 Å². The fourth-order valence-electron chi connectivity index (χ4n) is 3.70. The third kappa shape index (κ3) is 1.79. The fourth-order valence-corrected chi connectivity index (χ4v) is 4.10. The van der Waals surface area contributed by atoms with Crippen LogP contribution in [0, 0.1) is 5.82 Å². The van der Waals surface area contributed by atoms with Gasteiger partial charge < -0.3 is 10.6 Å². The van der Waals surface area contributed by atoms with Crippen molar-refractivity contribution in [1.82, 2.24) is 5.32 Å². The molecule has 2 aliphatic rings. The summed E-state index contributed by atoms with van der Waals surface area (Å²) in [5.74, 6) is -0.281. The highest BCUT2D eigenvalue weighted by atomic mass is 79.9. The first-order chi connectivity index (χ1) is 10.6. The smallest absolute Gasteiger partial charge is 0.237 e. The Balaban J connectivity index is 1.87. The van der Waals surface area contributed by atoms with Crippen LogP contribution in [0.4, 0.5) is 10.1 Å². The van der Waals surface area contributed by atoms with E-state index in [1.165, 1.54) is 6.07 Å². The number of rotatable bonds is 1. The van der Waals surface area contributed by atoms with Crippen LogP contribution in [0.5, 0.6) is 0 Å². The molecule has 2 aromatic carbocycles. The topological polar surface area (TPSA) is 41.1 Å². The maximum Gasteiger partial charge on any atom is 0.237 e. The molecule has 1 spiro atoms. The van der Waals surface area contributed by atoms with E-state index in [1.54, 1.807) is 12.1 Å². The Kier molecular flexibility index (Phi) is 3.09. The van der Waals surface area contributed by atoms with Gasteiger partial charge in [-0.25, -0.2) is 4.39 Å². The van der Waals surface area contributed by atoms with Gasteiger partial charge in [0.15, 0.2) is 0 Å². The summed E-state index contributed by atoms with van der Waals surface area (Å²) in [4.78, 5) is 12.8. The molecule has 4 rings (SSSR count). The summed E-state index contributed by atoms with van der Waals surface area (Å²) in [7, 11) is 0. The van der Waals surface area contributed by atoms with E-state index in [1.807, 2.05) is 24.3 Å². The average molecular weight is 361 g/mol. The predicted molar refractivity (Wildman–Crippen MR) is 86.2 cm³/mol. The molecule has 2 N–H and O–H groups in total. The first-order valence-electron chi connectivity index (χ1n) is 7.22. The van der Waals surface area contributed by atoms with Crippen molar-refractivity contribution in [3.8, 4) is 0 Å². The monoisotopic (exact) mass is 360 g/mol. The van der Waals surface area contributed by atoms with Gasteiger partial charge in [-0.1, -0.05) is 24.3 Å². The molecule has 0 bridgehead atoms. The van der Waals surface area contributed by atoms with Crippen LogP contribution in [-0.4, -0.2) is 12.5 Å². The molecule has 0 saturated carbocycles. The molecule has 0 aromatic heterocycles. The summed E-state index contributed by atoms with van der Waals surface area (Å²) in [5, 5.41) is 6.41. The zero-order valence-electron chi connectivity index (χ0n) is 11.7. The number of amides is 1. The number of nitrogens with one attached hydrogen (secondary N) is 2. The molecular weight excluding hydrogens is 347 g/mol. The van der Waals surface area contributed by atoms with Crippen LogP contribution in [0.25, 0.3) is 0 Å². The third-order valence-electron chi connectivity index (χ3n) is 4.70. The Labute approximate surface area is 136 Å². The lowest BCUT2D eigenvalue weighted by Gasteiger charge is -2.29. The molecular formula is C17H14BrFN2O.